The van der Waals surface area contributed by atoms with Crippen LogP contribution in [-0.4, -0.2) is 41.5 Å². The molecule has 1 N–H and O–H groups in total. The summed E-state index contributed by atoms with van der Waals surface area (Å²) in [5, 5.41) is 3.15. The number of carbonyl (C=O) groups is 1. The molecular formula is C20H25N3O2. The van der Waals surface area contributed by atoms with Crippen molar-refractivity contribution in [2.45, 2.75) is 32.4 Å². The Morgan fingerprint density at radius 2 is 2.08 bits per heavy atom. The van der Waals surface area contributed by atoms with Crippen LogP contribution < -0.4 is 10.1 Å². The first-order valence-corrected chi connectivity index (χ1v) is 8.86. The van der Waals surface area contributed by atoms with Crippen LogP contribution >= 0.6 is 0 Å². The Hall–Kier alpha value is -2.40. The summed E-state index contributed by atoms with van der Waals surface area (Å²) >= 11 is 0. The number of rotatable bonds is 7. The van der Waals surface area contributed by atoms with Crippen molar-refractivity contribution in [3.63, 3.8) is 0 Å². The monoisotopic (exact) mass is 339 g/mol. The van der Waals surface area contributed by atoms with Crippen LogP contribution in [0.2, 0.25) is 0 Å². The molecule has 0 aliphatic carbocycles. The lowest BCUT2D eigenvalue weighted by Gasteiger charge is -2.17. The van der Waals surface area contributed by atoms with Gasteiger partial charge >= 0.3 is 0 Å². The first kappa shape index (κ1) is 17.4. The molecule has 1 fully saturated rings. The summed E-state index contributed by atoms with van der Waals surface area (Å²) in [6.07, 6.45) is 3.30. The Morgan fingerprint density at radius 3 is 2.80 bits per heavy atom. The lowest BCUT2D eigenvalue weighted by Crippen LogP contribution is -2.37. The predicted molar refractivity (Wildman–Crippen MR) is 97.4 cm³/mol. The van der Waals surface area contributed by atoms with E-state index in [4.69, 9.17) is 4.74 Å². The first-order chi connectivity index (χ1) is 12.2. The van der Waals surface area contributed by atoms with Gasteiger partial charge in [-0.15, -0.1) is 0 Å². The number of likely N-dealkylation sites (tertiary alicyclic amines) is 1. The summed E-state index contributed by atoms with van der Waals surface area (Å²) in [6, 6.07) is 14.1. The molecule has 0 radical (unpaired) electrons. The highest BCUT2D eigenvalue weighted by Crippen LogP contribution is 2.15. The van der Waals surface area contributed by atoms with Gasteiger partial charge in [-0.2, -0.15) is 0 Å². The number of benzene rings is 1. The summed E-state index contributed by atoms with van der Waals surface area (Å²) in [5.74, 6) is 0.763. The summed E-state index contributed by atoms with van der Waals surface area (Å²) in [7, 11) is 0. The third kappa shape index (κ3) is 5.29. The lowest BCUT2D eigenvalue weighted by molar-refractivity contribution is -0.121. The quantitative estimate of drug-likeness (QED) is 0.842. The van der Waals surface area contributed by atoms with Gasteiger partial charge < -0.3 is 10.1 Å². The molecule has 1 aliphatic heterocycles. The molecular weight excluding hydrogens is 314 g/mol. The van der Waals surface area contributed by atoms with Crippen LogP contribution in [0.3, 0.4) is 0 Å². The van der Waals surface area contributed by atoms with Gasteiger partial charge in [0.1, 0.15) is 0 Å². The summed E-state index contributed by atoms with van der Waals surface area (Å²) in [6.45, 7) is 5.30. The first-order valence-electron chi connectivity index (χ1n) is 8.86. The lowest BCUT2D eigenvalue weighted by atomic mass is 10.1. The zero-order chi connectivity index (χ0) is 17.5. The van der Waals surface area contributed by atoms with Crippen molar-refractivity contribution in [1.29, 1.82) is 0 Å². The van der Waals surface area contributed by atoms with Crippen molar-refractivity contribution in [3.8, 4) is 5.88 Å². The molecule has 5 nitrogen and oxygen atoms in total. The highest BCUT2D eigenvalue weighted by molar-refractivity contribution is 5.78. The fourth-order valence-corrected chi connectivity index (χ4v) is 3.15. The van der Waals surface area contributed by atoms with Crippen molar-refractivity contribution in [2.75, 3.05) is 19.7 Å². The molecule has 3 rings (SSSR count). The largest absolute Gasteiger partial charge is 0.478 e. The van der Waals surface area contributed by atoms with E-state index in [1.807, 2.05) is 49.5 Å². The van der Waals surface area contributed by atoms with E-state index in [0.29, 0.717) is 18.9 Å². The van der Waals surface area contributed by atoms with Crippen molar-refractivity contribution in [3.05, 3.63) is 59.8 Å². The van der Waals surface area contributed by atoms with E-state index in [0.717, 1.165) is 31.6 Å². The van der Waals surface area contributed by atoms with Gasteiger partial charge in [0.15, 0.2) is 0 Å². The molecule has 1 aliphatic rings. The van der Waals surface area contributed by atoms with E-state index in [1.54, 1.807) is 0 Å². The highest BCUT2D eigenvalue weighted by Gasteiger charge is 2.23. The second-order valence-corrected chi connectivity index (χ2v) is 6.39. The minimum atomic E-state index is 0.0979. The van der Waals surface area contributed by atoms with E-state index in [-0.39, 0.29) is 11.9 Å². The predicted octanol–water partition coefficient (Wildman–Crippen LogP) is 2.41. The fourth-order valence-electron chi connectivity index (χ4n) is 3.15. The standard InChI is InChI=1S/C20H25N3O2/c1-2-25-20-9-8-17(13-21-20)14-23-11-10-18(15-23)22-19(24)12-16-6-4-3-5-7-16/h3-9,13,18H,2,10-12,14-15H2,1H3,(H,22,24). The van der Waals surface area contributed by atoms with Gasteiger partial charge in [-0.3, -0.25) is 9.69 Å². The fraction of sp³-hybridized carbons (Fsp3) is 0.400. The molecule has 5 heteroatoms. The van der Waals surface area contributed by atoms with E-state index in [9.17, 15) is 4.79 Å². The smallest absolute Gasteiger partial charge is 0.224 e. The third-order valence-corrected chi connectivity index (χ3v) is 4.34. The number of hydrogen-bond acceptors (Lipinski definition) is 4. The second-order valence-electron chi connectivity index (χ2n) is 6.39. The zero-order valence-corrected chi connectivity index (χ0v) is 14.6. The molecule has 1 amide bonds. The number of aromatic nitrogens is 1. The van der Waals surface area contributed by atoms with E-state index < -0.39 is 0 Å². The van der Waals surface area contributed by atoms with Crippen LogP contribution in [0.1, 0.15) is 24.5 Å². The van der Waals surface area contributed by atoms with Gasteiger partial charge in [-0.25, -0.2) is 4.98 Å². The summed E-state index contributed by atoms with van der Waals surface area (Å²) in [5.41, 5.74) is 2.22. The van der Waals surface area contributed by atoms with Gasteiger partial charge in [-0.1, -0.05) is 36.4 Å². The van der Waals surface area contributed by atoms with Gasteiger partial charge in [0.25, 0.3) is 0 Å². The number of carbonyl (C=O) groups excluding carboxylic acids is 1. The van der Waals surface area contributed by atoms with Gasteiger partial charge in [0.05, 0.1) is 13.0 Å². The summed E-state index contributed by atoms with van der Waals surface area (Å²) in [4.78, 5) is 18.8. The normalized spacial score (nSPS) is 17.4. The minimum absolute atomic E-state index is 0.0979. The van der Waals surface area contributed by atoms with Gasteiger partial charge in [0, 0.05) is 37.9 Å². The average molecular weight is 339 g/mol. The van der Waals surface area contributed by atoms with Crippen LogP contribution in [0.15, 0.2) is 48.7 Å². The number of pyridine rings is 1. The molecule has 1 aromatic carbocycles. The van der Waals surface area contributed by atoms with E-state index in [2.05, 4.69) is 21.3 Å². The number of hydrogen-bond donors (Lipinski definition) is 1. The van der Waals surface area contributed by atoms with Gasteiger partial charge in [0.2, 0.25) is 11.8 Å². The maximum atomic E-state index is 12.2. The van der Waals surface area contributed by atoms with Crippen molar-refractivity contribution in [2.24, 2.45) is 0 Å². The molecule has 0 spiro atoms. The maximum absolute atomic E-state index is 12.2. The maximum Gasteiger partial charge on any atom is 0.224 e. The number of ether oxygens (including phenoxy) is 1. The zero-order valence-electron chi connectivity index (χ0n) is 14.6. The van der Waals surface area contributed by atoms with E-state index in [1.165, 1.54) is 5.56 Å². The Labute approximate surface area is 149 Å². The molecule has 1 aromatic heterocycles. The molecule has 2 heterocycles. The Kier molecular flexibility index (Phi) is 6.01. The number of nitrogens with one attached hydrogen (secondary N) is 1. The van der Waals surface area contributed by atoms with Crippen molar-refractivity contribution < 1.29 is 9.53 Å². The molecule has 1 saturated heterocycles. The molecule has 132 valence electrons. The van der Waals surface area contributed by atoms with Crippen LogP contribution in [0, 0.1) is 0 Å². The number of nitrogens with zero attached hydrogens (tertiary/aromatic N) is 2. The minimum Gasteiger partial charge on any atom is -0.478 e. The van der Waals surface area contributed by atoms with E-state index >= 15 is 0 Å². The summed E-state index contributed by atoms with van der Waals surface area (Å²) < 4.78 is 5.37. The van der Waals surface area contributed by atoms with Crippen LogP contribution in [0.5, 0.6) is 5.88 Å². The molecule has 1 atom stereocenters. The SMILES string of the molecule is CCOc1ccc(CN2CCC(NC(=O)Cc3ccccc3)C2)cn1. The number of amides is 1. The Bertz CT molecular complexity index is 673. The topological polar surface area (TPSA) is 54.5 Å². The molecule has 0 bridgehead atoms. The van der Waals surface area contributed by atoms with Crippen LogP contribution in [0.4, 0.5) is 0 Å². The second kappa shape index (κ2) is 8.62. The van der Waals surface area contributed by atoms with Crippen LogP contribution in [-0.2, 0) is 17.8 Å². The Morgan fingerprint density at radius 1 is 1.24 bits per heavy atom. The average Bonchev–Trinajstić information content (AvgIpc) is 3.04. The van der Waals surface area contributed by atoms with Crippen molar-refractivity contribution in [1.82, 2.24) is 15.2 Å². The molecule has 25 heavy (non-hydrogen) atoms. The van der Waals surface area contributed by atoms with Crippen LogP contribution in [0.25, 0.3) is 0 Å². The molecule has 1 unspecified atom stereocenters. The highest BCUT2D eigenvalue weighted by atomic mass is 16.5. The van der Waals surface area contributed by atoms with Gasteiger partial charge in [-0.05, 0) is 24.5 Å². The molecule has 0 saturated carbocycles. The Balaban J connectivity index is 1.44. The molecule has 2 aromatic rings. The third-order valence-electron chi connectivity index (χ3n) is 4.34. The van der Waals surface area contributed by atoms with Crippen molar-refractivity contribution >= 4 is 5.91 Å².